The summed E-state index contributed by atoms with van der Waals surface area (Å²) in [6.45, 7) is 1.86. The molecule has 1 aromatic carbocycles. The summed E-state index contributed by atoms with van der Waals surface area (Å²) >= 11 is 11.8. The summed E-state index contributed by atoms with van der Waals surface area (Å²) in [5.74, 6) is 0. The third-order valence-corrected chi connectivity index (χ3v) is 5.75. The first-order valence-corrected chi connectivity index (χ1v) is 9.27. The predicted octanol–water partition coefficient (Wildman–Crippen LogP) is 2.24. The molecule has 1 N–H and O–H groups in total. The van der Waals surface area contributed by atoms with Gasteiger partial charge in [-0.1, -0.05) is 23.2 Å². The fraction of sp³-hybridized carbons (Fsp3) is 0.357. The Morgan fingerprint density at radius 1 is 1.35 bits per heavy atom. The topological polar surface area (TPSA) is 73.2 Å². The van der Waals surface area contributed by atoms with E-state index in [0.717, 1.165) is 17.7 Å². The molecule has 0 aliphatic carbocycles. The normalized spacial score (nSPS) is 14.7. The first-order chi connectivity index (χ1) is 11.0. The molecule has 23 heavy (non-hydrogen) atoms. The van der Waals surface area contributed by atoms with E-state index in [0.29, 0.717) is 24.8 Å². The molecule has 0 amide bonds. The van der Waals surface area contributed by atoms with Gasteiger partial charge in [0.05, 0.1) is 31.0 Å². The summed E-state index contributed by atoms with van der Waals surface area (Å²) in [7, 11) is -3.72. The van der Waals surface area contributed by atoms with E-state index in [1.54, 1.807) is 16.9 Å². The van der Waals surface area contributed by atoms with Crippen molar-refractivity contribution in [1.82, 2.24) is 14.5 Å². The third kappa shape index (κ3) is 3.70. The minimum atomic E-state index is -3.72. The maximum absolute atomic E-state index is 12.3. The molecule has 0 spiro atoms. The highest BCUT2D eigenvalue weighted by Crippen LogP contribution is 2.24. The first-order valence-electron chi connectivity index (χ1n) is 7.03. The smallest absolute Gasteiger partial charge is 0.242 e. The quantitative estimate of drug-likeness (QED) is 0.869. The zero-order valence-electron chi connectivity index (χ0n) is 12.1. The fourth-order valence-electron chi connectivity index (χ4n) is 2.45. The van der Waals surface area contributed by atoms with E-state index < -0.39 is 10.0 Å². The summed E-state index contributed by atoms with van der Waals surface area (Å²) in [5, 5.41) is 4.73. The van der Waals surface area contributed by atoms with E-state index in [4.69, 9.17) is 27.9 Å². The fourth-order valence-corrected chi connectivity index (χ4v) is 4.23. The molecule has 0 radical (unpaired) electrons. The second-order valence-corrected chi connectivity index (χ2v) is 7.69. The van der Waals surface area contributed by atoms with Gasteiger partial charge in [0.1, 0.15) is 4.90 Å². The number of halogens is 2. The molecule has 0 saturated carbocycles. The number of rotatable bonds is 5. The molecule has 1 aromatic heterocycles. The molecule has 0 fully saturated rings. The predicted molar refractivity (Wildman–Crippen MR) is 87.2 cm³/mol. The second-order valence-electron chi connectivity index (χ2n) is 5.11. The maximum Gasteiger partial charge on any atom is 0.242 e. The van der Waals surface area contributed by atoms with Gasteiger partial charge in [0.15, 0.2) is 0 Å². The molecule has 9 heteroatoms. The van der Waals surface area contributed by atoms with Crippen LogP contribution in [-0.4, -0.2) is 31.3 Å². The van der Waals surface area contributed by atoms with Gasteiger partial charge in [0.25, 0.3) is 0 Å². The molecular weight excluding hydrogens is 361 g/mol. The Kier molecular flexibility index (Phi) is 4.93. The van der Waals surface area contributed by atoms with Gasteiger partial charge in [-0.15, -0.1) is 0 Å². The van der Waals surface area contributed by atoms with Gasteiger partial charge in [0.2, 0.25) is 10.0 Å². The number of hydrogen-bond donors (Lipinski definition) is 1. The van der Waals surface area contributed by atoms with Crippen LogP contribution >= 0.6 is 23.2 Å². The lowest BCUT2D eigenvalue weighted by Gasteiger charge is -2.15. The standard InChI is InChI=1S/C14H15Cl2N3O3S/c15-11-1-2-12(16)14(7-11)23(20,21)18-4-5-19-13-3-6-22-9-10(13)8-17-19/h1-2,7-8,18H,3-6,9H2. The number of hydrogen-bond acceptors (Lipinski definition) is 4. The molecule has 1 aliphatic rings. The lowest BCUT2D eigenvalue weighted by Crippen LogP contribution is -2.28. The van der Waals surface area contributed by atoms with Crippen molar-refractivity contribution in [2.75, 3.05) is 13.2 Å². The van der Waals surface area contributed by atoms with E-state index in [1.807, 2.05) is 0 Å². The number of benzene rings is 1. The number of fused-ring (bicyclic) bond motifs is 1. The Morgan fingerprint density at radius 2 is 2.17 bits per heavy atom. The van der Waals surface area contributed by atoms with Crippen LogP contribution in [0.3, 0.4) is 0 Å². The van der Waals surface area contributed by atoms with Crippen LogP contribution in [0.25, 0.3) is 0 Å². The minimum Gasteiger partial charge on any atom is -0.376 e. The summed E-state index contributed by atoms with van der Waals surface area (Å²) in [6, 6.07) is 4.34. The van der Waals surface area contributed by atoms with Crippen LogP contribution in [0.4, 0.5) is 0 Å². The monoisotopic (exact) mass is 375 g/mol. The summed E-state index contributed by atoms with van der Waals surface area (Å²) < 4.78 is 34.3. The van der Waals surface area contributed by atoms with Crippen LogP contribution in [0.2, 0.25) is 10.0 Å². The second kappa shape index (κ2) is 6.78. The SMILES string of the molecule is O=S(=O)(NCCn1ncc2c1CCOC2)c1cc(Cl)ccc1Cl. The molecule has 0 atom stereocenters. The molecule has 1 aliphatic heterocycles. The zero-order valence-corrected chi connectivity index (χ0v) is 14.5. The van der Waals surface area contributed by atoms with Crippen molar-refractivity contribution in [3.05, 3.63) is 45.7 Å². The lowest BCUT2D eigenvalue weighted by atomic mass is 10.2. The average molecular weight is 376 g/mol. The van der Waals surface area contributed by atoms with Gasteiger partial charge in [-0.05, 0) is 18.2 Å². The van der Waals surface area contributed by atoms with Crippen molar-refractivity contribution >= 4 is 33.2 Å². The van der Waals surface area contributed by atoms with E-state index in [2.05, 4.69) is 9.82 Å². The van der Waals surface area contributed by atoms with Gasteiger partial charge >= 0.3 is 0 Å². The van der Waals surface area contributed by atoms with Crippen LogP contribution in [0, 0.1) is 0 Å². The minimum absolute atomic E-state index is 0.0254. The van der Waals surface area contributed by atoms with E-state index in [-0.39, 0.29) is 16.5 Å². The molecule has 0 saturated heterocycles. The summed E-state index contributed by atoms with van der Waals surface area (Å²) in [6.07, 6.45) is 2.54. The van der Waals surface area contributed by atoms with Crippen molar-refractivity contribution in [3.63, 3.8) is 0 Å². The van der Waals surface area contributed by atoms with Crippen LogP contribution < -0.4 is 4.72 Å². The number of sulfonamides is 1. The Labute approximate surface area is 144 Å². The van der Waals surface area contributed by atoms with Crippen molar-refractivity contribution in [3.8, 4) is 0 Å². The number of aromatic nitrogens is 2. The summed E-state index contributed by atoms with van der Waals surface area (Å²) in [5.41, 5.74) is 2.15. The molecule has 3 rings (SSSR count). The van der Waals surface area contributed by atoms with Crippen molar-refractivity contribution in [2.45, 2.75) is 24.5 Å². The zero-order chi connectivity index (χ0) is 16.4. The first kappa shape index (κ1) is 16.7. The molecule has 2 aromatic rings. The molecule has 6 nitrogen and oxygen atoms in total. The van der Waals surface area contributed by atoms with E-state index >= 15 is 0 Å². The van der Waals surface area contributed by atoms with Crippen molar-refractivity contribution < 1.29 is 13.2 Å². The van der Waals surface area contributed by atoms with Gasteiger partial charge in [0, 0.05) is 29.2 Å². The van der Waals surface area contributed by atoms with Crippen LogP contribution in [0.15, 0.2) is 29.3 Å². The average Bonchev–Trinajstić information content (AvgIpc) is 2.93. The van der Waals surface area contributed by atoms with Crippen LogP contribution in [-0.2, 0) is 34.3 Å². The van der Waals surface area contributed by atoms with Gasteiger partial charge in [-0.3, -0.25) is 4.68 Å². The van der Waals surface area contributed by atoms with Crippen LogP contribution in [0.5, 0.6) is 0 Å². The Balaban J connectivity index is 1.68. The maximum atomic E-state index is 12.3. The molecule has 124 valence electrons. The van der Waals surface area contributed by atoms with Crippen molar-refractivity contribution in [2.24, 2.45) is 0 Å². The largest absolute Gasteiger partial charge is 0.376 e. The number of nitrogens with one attached hydrogen (secondary N) is 1. The van der Waals surface area contributed by atoms with Crippen LogP contribution in [0.1, 0.15) is 11.3 Å². The third-order valence-electron chi connectivity index (χ3n) is 3.57. The number of ether oxygens (including phenoxy) is 1. The van der Waals surface area contributed by atoms with Crippen molar-refractivity contribution in [1.29, 1.82) is 0 Å². The van der Waals surface area contributed by atoms with E-state index in [9.17, 15) is 8.42 Å². The summed E-state index contributed by atoms with van der Waals surface area (Å²) in [4.78, 5) is -0.0254. The Hall–Kier alpha value is -1.12. The number of nitrogens with zero attached hydrogens (tertiary/aromatic N) is 2. The highest BCUT2D eigenvalue weighted by atomic mass is 35.5. The molecular formula is C14H15Cl2N3O3S. The van der Waals surface area contributed by atoms with E-state index in [1.165, 1.54) is 12.1 Å². The van der Waals surface area contributed by atoms with Gasteiger partial charge in [-0.2, -0.15) is 5.10 Å². The highest BCUT2D eigenvalue weighted by Gasteiger charge is 2.19. The van der Waals surface area contributed by atoms with Gasteiger partial charge < -0.3 is 4.74 Å². The molecule has 2 heterocycles. The lowest BCUT2D eigenvalue weighted by molar-refractivity contribution is 0.109. The molecule has 0 bridgehead atoms. The molecule has 0 unspecified atom stereocenters. The highest BCUT2D eigenvalue weighted by molar-refractivity contribution is 7.89. The Bertz CT molecular complexity index is 821. The van der Waals surface area contributed by atoms with Gasteiger partial charge in [-0.25, -0.2) is 13.1 Å². The Morgan fingerprint density at radius 3 is 3.00 bits per heavy atom.